The molecule has 11 heteroatoms. The molecule has 1 saturated heterocycles. The van der Waals surface area contributed by atoms with E-state index >= 15 is 0 Å². The summed E-state index contributed by atoms with van der Waals surface area (Å²) < 4.78 is 21.1. The van der Waals surface area contributed by atoms with E-state index in [1.807, 2.05) is 54.6 Å². The lowest BCUT2D eigenvalue weighted by atomic mass is 9.99. The number of hydrogen-bond donors (Lipinski definition) is 0. The lowest BCUT2D eigenvalue weighted by Gasteiger charge is -2.35. The Hall–Kier alpha value is -4.64. The van der Waals surface area contributed by atoms with Gasteiger partial charge >= 0.3 is 0 Å². The molecule has 2 aliphatic rings. The third-order valence-electron chi connectivity index (χ3n) is 8.00. The Bertz CT molecular complexity index is 1670. The summed E-state index contributed by atoms with van der Waals surface area (Å²) in [7, 11) is 1.59. The van der Waals surface area contributed by atoms with E-state index in [-0.39, 0.29) is 41.1 Å². The van der Waals surface area contributed by atoms with Crippen LogP contribution in [0.5, 0.6) is 5.75 Å². The molecular weight excluding hydrogens is 581 g/mol. The van der Waals surface area contributed by atoms with Gasteiger partial charge in [-0.1, -0.05) is 42.5 Å². The summed E-state index contributed by atoms with van der Waals surface area (Å²) >= 11 is 1.43. The third-order valence-corrected chi connectivity index (χ3v) is 9.25. The molecule has 0 unspecified atom stereocenters. The van der Waals surface area contributed by atoms with Crippen LogP contribution in [0.2, 0.25) is 0 Å². The van der Waals surface area contributed by atoms with Crippen molar-refractivity contribution in [2.75, 3.05) is 50.5 Å². The second-order valence-corrected chi connectivity index (χ2v) is 11.8. The third kappa shape index (κ3) is 5.79. The van der Waals surface area contributed by atoms with E-state index in [2.05, 4.69) is 0 Å². The van der Waals surface area contributed by atoms with Crippen LogP contribution in [0.4, 0.5) is 10.2 Å². The number of amides is 3. The summed E-state index contributed by atoms with van der Waals surface area (Å²) in [5, 5.41) is 4.72. The summed E-state index contributed by atoms with van der Waals surface area (Å²) in [6.07, 6.45) is 0. The fourth-order valence-corrected chi connectivity index (χ4v) is 6.84. The SMILES string of the molecule is COc1ccc(-n2nc(-c3ccccc3)c3c2N(CC(=O)N2CCN(C(C)=O)CC2)C(=O)CS[C@H]3c2ccc(F)cc2)cc1. The van der Waals surface area contributed by atoms with Crippen LogP contribution >= 0.6 is 11.8 Å². The number of anilines is 1. The Morgan fingerprint density at radius 1 is 0.932 bits per heavy atom. The van der Waals surface area contributed by atoms with Crippen molar-refractivity contribution in [1.82, 2.24) is 19.6 Å². The molecule has 1 fully saturated rings. The van der Waals surface area contributed by atoms with E-state index in [4.69, 9.17) is 9.84 Å². The van der Waals surface area contributed by atoms with E-state index in [0.717, 1.165) is 16.7 Å². The number of rotatable bonds is 6. The number of halogens is 1. The van der Waals surface area contributed by atoms with Crippen molar-refractivity contribution in [3.05, 3.63) is 95.8 Å². The van der Waals surface area contributed by atoms with Crippen LogP contribution in [0.1, 0.15) is 23.3 Å². The van der Waals surface area contributed by atoms with Crippen LogP contribution in [0, 0.1) is 5.82 Å². The first kappa shape index (κ1) is 29.4. The molecule has 0 radical (unpaired) electrons. The van der Waals surface area contributed by atoms with Crippen molar-refractivity contribution in [3.8, 4) is 22.7 Å². The Balaban J connectivity index is 1.51. The highest BCUT2D eigenvalue weighted by Gasteiger charge is 2.38. The van der Waals surface area contributed by atoms with Crippen molar-refractivity contribution in [2.45, 2.75) is 12.2 Å². The maximum absolute atomic E-state index is 14.0. The second kappa shape index (κ2) is 12.5. The van der Waals surface area contributed by atoms with Gasteiger partial charge in [0.2, 0.25) is 17.7 Å². The minimum absolute atomic E-state index is 0.0230. The maximum Gasteiger partial charge on any atom is 0.242 e. The van der Waals surface area contributed by atoms with Gasteiger partial charge in [0.15, 0.2) is 0 Å². The molecule has 0 spiro atoms. The van der Waals surface area contributed by atoms with E-state index in [1.54, 1.807) is 33.7 Å². The zero-order valence-electron chi connectivity index (χ0n) is 24.5. The predicted molar refractivity (Wildman–Crippen MR) is 167 cm³/mol. The van der Waals surface area contributed by atoms with Crippen LogP contribution in [-0.4, -0.2) is 82.9 Å². The highest BCUT2D eigenvalue weighted by molar-refractivity contribution is 8.00. The van der Waals surface area contributed by atoms with Crippen LogP contribution < -0.4 is 9.64 Å². The summed E-state index contributed by atoms with van der Waals surface area (Å²) in [6, 6.07) is 23.4. The summed E-state index contributed by atoms with van der Waals surface area (Å²) in [4.78, 5) is 44.5. The number of thioether (sulfide) groups is 1. The molecule has 0 N–H and O–H groups in total. The molecular formula is C33H32FN5O4S. The average molecular weight is 614 g/mol. The summed E-state index contributed by atoms with van der Waals surface area (Å²) in [6.45, 7) is 3.03. The van der Waals surface area contributed by atoms with Gasteiger partial charge in [0, 0.05) is 44.2 Å². The summed E-state index contributed by atoms with van der Waals surface area (Å²) in [5.41, 5.74) is 3.80. The van der Waals surface area contributed by atoms with E-state index < -0.39 is 0 Å². The molecule has 0 saturated carbocycles. The smallest absolute Gasteiger partial charge is 0.242 e. The maximum atomic E-state index is 14.0. The van der Waals surface area contributed by atoms with Crippen molar-refractivity contribution in [1.29, 1.82) is 0 Å². The largest absolute Gasteiger partial charge is 0.497 e. The first-order valence-electron chi connectivity index (χ1n) is 14.4. The van der Waals surface area contributed by atoms with Gasteiger partial charge < -0.3 is 14.5 Å². The monoisotopic (exact) mass is 613 g/mol. The Morgan fingerprint density at radius 3 is 2.23 bits per heavy atom. The zero-order valence-corrected chi connectivity index (χ0v) is 25.3. The number of ether oxygens (including phenoxy) is 1. The normalized spacial score (nSPS) is 16.8. The highest BCUT2D eigenvalue weighted by Crippen LogP contribution is 2.48. The van der Waals surface area contributed by atoms with Crippen LogP contribution in [0.15, 0.2) is 78.9 Å². The lowest BCUT2D eigenvalue weighted by molar-refractivity contribution is -0.137. The van der Waals surface area contributed by atoms with Crippen LogP contribution in [-0.2, 0) is 14.4 Å². The molecule has 2 aliphatic heterocycles. The fourth-order valence-electron chi connectivity index (χ4n) is 5.64. The second-order valence-electron chi connectivity index (χ2n) is 10.7. The molecule has 1 aromatic heterocycles. The van der Waals surface area contributed by atoms with Gasteiger partial charge in [0.25, 0.3) is 0 Å². The number of methoxy groups -OCH3 is 1. The number of carbonyl (C=O) groups is 3. The fraction of sp³-hybridized carbons (Fsp3) is 0.273. The van der Waals surface area contributed by atoms with Gasteiger partial charge in [0.05, 0.1) is 29.5 Å². The molecule has 226 valence electrons. The Labute approximate surface area is 259 Å². The topological polar surface area (TPSA) is 88.0 Å². The first-order chi connectivity index (χ1) is 21.3. The standard InChI is InChI=1S/C33H32FN5O4S/c1-22(40)36-16-18-37(19-17-36)28(41)20-38-29(42)21-44-32(24-8-10-25(34)11-9-24)30-31(23-6-4-3-5-7-23)35-39(33(30)38)26-12-14-27(43-2)15-13-26/h3-15,32H,16-21H2,1-2H3/t32-/m0/s1. The van der Waals surface area contributed by atoms with E-state index in [0.29, 0.717) is 49.1 Å². The highest BCUT2D eigenvalue weighted by atomic mass is 32.2. The number of carbonyl (C=O) groups excluding carboxylic acids is 3. The van der Waals surface area contributed by atoms with Gasteiger partial charge in [-0.2, -0.15) is 5.10 Å². The molecule has 9 nitrogen and oxygen atoms in total. The zero-order chi connectivity index (χ0) is 30.8. The molecule has 3 aromatic carbocycles. The van der Waals surface area contributed by atoms with Crippen molar-refractivity contribution >= 4 is 35.3 Å². The molecule has 0 aliphatic carbocycles. The predicted octanol–water partition coefficient (Wildman–Crippen LogP) is 4.55. The molecule has 6 rings (SSSR count). The number of piperazine rings is 1. The first-order valence-corrected chi connectivity index (χ1v) is 15.4. The molecule has 1 atom stereocenters. The van der Waals surface area contributed by atoms with E-state index in [9.17, 15) is 18.8 Å². The quantitative estimate of drug-likeness (QED) is 0.317. The van der Waals surface area contributed by atoms with Gasteiger partial charge in [-0.05, 0) is 42.0 Å². The number of nitrogens with zero attached hydrogens (tertiary/aromatic N) is 5. The lowest BCUT2D eigenvalue weighted by Crippen LogP contribution is -2.53. The molecule has 44 heavy (non-hydrogen) atoms. The molecule has 4 aromatic rings. The number of aromatic nitrogens is 2. The minimum Gasteiger partial charge on any atom is -0.497 e. The Morgan fingerprint density at radius 2 is 1.59 bits per heavy atom. The number of fused-ring (bicyclic) bond motifs is 1. The average Bonchev–Trinajstić information content (AvgIpc) is 3.38. The number of hydrogen-bond acceptors (Lipinski definition) is 6. The van der Waals surface area contributed by atoms with E-state index in [1.165, 1.54) is 35.7 Å². The molecule has 3 heterocycles. The van der Waals surface area contributed by atoms with Crippen molar-refractivity contribution in [2.24, 2.45) is 0 Å². The molecule has 3 amide bonds. The van der Waals surface area contributed by atoms with Gasteiger partial charge in [-0.15, -0.1) is 11.8 Å². The van der Waals surface area contributed by atoms with Crippen molar-refractivity contribution in [3.63, 3.8) is 0 Å². The van der Waals surface area contributed by atoms with Crippen LogP contribution in [0.3, 0.4) is 0 Å². The van der Waals surface area contributed by atoms with Crippen molar-refractivity contribution < 1.29 is 23.5 Å². The number of benzene rings is 3. The summed E-state index contributed by atoms with van der Waals surface area (Å²) in [5.74, 6) is 0.464. The molecule has 0 bridgehead atoms. The van der Waals surface area contributed by atoms with Gasteiger partial charge in [-0.25, -0.2) is 9.07 Å². The Kier molecular flexibility index (Phi) is 8.38. The van der Waals surface area contributed by atoms with Gasteiger partial charge in [-0.3, -0.25) is 19.3 Å². The van der Waals surface area contributed by atoms with Crippen LogP contribution in [0.25, 0.3) is 16.9 Å². The minimum atomic E-state index is -0.365. The van der Waals surface area contributed by atoms with Gasteiger partial charge in [0.1, 0.15) is 23.9 Å².